The van der Waals surface area contributed by atoms with Gasteiger partial charge in [-0.3, -0.25) is 4.90 Å². The Labute approximate surface area is 77.3 Å². The van der Waals surface area contributed by atoms with E-state index in [1.807, 2.05) is 4.90 Å². The number of hydrogen-bond donors (Lipinski definition) is 1. The summed E-state index contributed by atoms with van der Waals surface area (Å²) in [5, 5.41) is 3.09. The van der Waals surface area contributed by atoms with Gasteiger partial charge in [0.25, 0.3) is 6.43 Å². The largest absolute Gasteiger partial charge is 0.313 e. The van der Waals surface area contributed by atoms with Crippen molar-refractivity contribution >= 4 is 0 Å². The second-order valence-corrected chi connectivity index (χ2v) is 3.95. The highest BCUT2D eigenvalue weighted by molar-refractivity contribution is 4.90. The minimum Gasteiger partial charge on any atom is -0.313 e. The molecule has 2 unspecified atom stereocenters. The second-order valence-electron chi connectivity index (χ2n) is 3.95. The van der Waals surface area contributed by atoms with Crippen LogP contribution < -0.4 is 5.32 Å². The molecule has 2 saturated heterocycles. The topological polar surface area (TPSA) is 15.3 Å². The molecule has 0 bridgehead atoms. The van der Waals surface area contributed by atoms with Crippen LogP contribution in [-0.2, 0) is 0 Å². The molecule has 0 radical (unpaired) electrons. The number of piperazine rings is 1. The summed E-state index contributed by atoms with van der Waals surface area (Å²) < 4.78 is 25.2. The third-order valence-corrected chi connectivity index (χ3v) is 3.12. The molecule has 0 aromatic carbocycles. The highest BCUT2D eigenvalue weighted by atomic mass is 19.3. The number of nitrogens with one attached hydrogen (secondary N) is 1. The fraction of sp³-hybridized carbons (Fsp3) is 1.00. The molecule has 0 spiro atoms. The highest BCUT2D eigenvalue weighted by Crippen LogP contribution is 2.24. The van der Waals surface area contributed by atoms with Crippen LogP contribution in [0.4, 0.5) is 8.78 Å². The van der Waals surface area contributed by atoms with Crippen molar-refractivity contribution in [2.45, 2.75) is 37.8 Å². The number of alkyl halides is 2. The van der Waals surface area contributed by atoms with Crippen LogP contribution in [-0.4, -0.2) is 43.0 Å². The van der Waals surface area contributed by atoms with Gasteiger partial charge in [-0.15, -0.1) is 0 Å². The molecule has 0 aliphatic carbocycles. The summed E-state index contributed by atoms with van der Waals surface area (Å²) in [7, 11) is 0. The van der Waals surface area contributed by atoms with Crippen LogP contribution in [0.25, 0.3) is 0 Å². The van der Waals surface area contributed by atoms with E-state index in [0.29, 0.717) is 12.6 Å². The van der Waals surface area contributed by atoms with Crippen molar-refractivity contribution in [3.63, 3.8) is 0 Å². The lowest BCUT2D eigenvalue weighted by Crippen LogP contribution is -2.61. The van der Waals surface area contributed by atoms with E-state index in [0.717, 1.165) is 25.9 Å². The zero-order valence-corrected chi connectivity index (χ0v) is 7.68. The fourth-order valence-electron chi connectivity index (χ4n) is 2.43. The summed E-state index contributed by atoms with van der Waals surface area (Å²) in [6.45, 7) is 2.21. The minimum absolute atomic E-state index is 0.363. The maximum absolute atomic E-state index is 12.6. The third kappa shape index (κ3) is 1.83. The van der Waals surface area contributed by atoms with Crippen LogP contribution in [0, 0.1) is 0 Å². The van der Waals surface area contributed by atoms with Gasteiger partial charge in [0.15, 0.2) is 0 Å². The van der Waals surface area contributed by atoms with E-state index in [1.54, 1.807) is 0 Å². The van der Waals surface area contributed by atoms with Gasteiger partial charge in [-0.25, -0.2) is 8.78 Å². The molecule has 4 heteroatoms. The summed E-state index contributed by atoms with van der Waals surface area (Å²) in [6, 6.07) is -0.180. The summed E-state index contributed by atoms with van der Waals surface area (Å²) in [5.74, 6) is 0. The first-order valence-corrected chi connectivity index (χ1v) is 5.03. The van der Waals surface area contributed by atoms with Crippen LogP contribution in [0.15, 0.2) is 0 Å². The number of piperidine rings is 1. The summed E-state index contributed by atoms with van der Waals surface area (Å²) in [6.07, 6.45) is 1.16. The minimum atomic E-state index is -2.20. The molecule has 2 fully saturated rings. The third-order valence-electron chi connectivity index (χ3n) is 3.12. The Kier molecular flexibility index (Phi) is 2.79. The van der Waals surface area contributed by atoms with Crippen molar-refractivity contribution in [2.75, 3.05) is 19.6 Å². The monoisotopic (exact) mass is 190 g/mol. The van der Waals surface area contributed by atoms with E-state index >= 15 is 0 Å². The molecule has 0 aromatic rings. The van der Waals surface area contributed by atoms with Gasteiger partial charge in [-0.05, 0) is 19.4 Å². The predicted octanol–water partition coefficient (Wildman–Crippen LogP) is 1.08. The lowest BCUT2D eigenvalue weighted by Gasteiger charge is -2.44. The van der Waals surface area contributed by atoms with Crippen molar-refractivity contribution in [3.05, 3.63) is 0 Å². The average molecular weight is 190 g/mol. The molecule has 2 aliphatic heterocycles. The highest BCUT2D eigenvalue weighted by Gasteiger charge is 2.36. The van der Waals surface area contributed by atoms with Gasteiger partial charge >= 0.3 is 0 Å². The quantitative estimate of drug-likeness (QED) is 0.665. The van der Waals surface area contributed by atoms with Gasteiger partial charge in [0, 0.05) is 19.1 Å². The Morgan fingerprint density at radius 1 is 1.23 bits per heavy atom. The van der Waals surface area contributed by atoms with E-state index in [1.165, 1.54) is 6.42 Å². The van der Waals surface area contributed by atoms with E-state index in [4.69, 9.17) is 0 Å². The molecule has 2 atom stereocenters. The summed E-state index contributed by atoms with van der Waals surface area (Å²) in [4.78, 5) is 2.00. The molecule has 1 N–H and O–H groups in total. The first kappa shape index (κ1) is 9.34. The zero-order chi connectivity index (χ0) is 9.26. The smallest absolute Gasteiger partial charge is 0.255 e. The van der Waals surface area contributed by atoms with E-state index in [2.05, 4.69) is 5.32 Å². The van der Waals surface area contributed by atoms with E-state index < -0.39 is 12.5 Å². The van der Waals surface area contributed by atoms with Gasteiger partial charge in [0.1, 0.15) is 0 Å². The second kappa shape index (κ2) is 3.88. The molecule has 2 rings (SSSR count). The van der Waals surface area contributed by atoms with Crippen molar-refractivity contribution in [3.8, 4) is 0 Å². The normalized spacial score (nSPS) is 36.2. The first-order chi connectivity index (χ1) is 6.29. The van der Waals surface area contributed by atoms with Crippen LogP contribution in [0.2, 0.25) is 0 Å². The molecule has 0 saturated carbocycles. The Bertz CT molecular complexity index is 173. The predicted molar refractivity (Wildman–Crippen MR) is 47.0 cm³/mol. The van der Waals surface area contributed by atoms with E-state index in [-0.39, 0.29) is 0 Å². The Morgan fingerprint density at radius 2 is 2.08 bits per heavy atom. The van der Waals surface area contributed by atoms with Crippen LogP contribution >= 0.6 is 0 Å². The Balaban J connectivity index is 2.02. The molecule has 2 heterocycles. The molecule has 13 heavy (non-hydrogen) atoms. The summed E-state index contributed by atoms with van der Waals surface area (Å²) >= 11 is 0. The maximum Gasteiger partial charge on any atom is 0.255 e. The Hall–Kier alpha value is -0.220. The SMILES string of the molecule is FC(F)C1CNCC2CCCCN21. The fourth-order valence-corrected chi connectivity index (χ4v) is 2.43. The van der Waals surface area contributed by atoms with Gasteiger partial charge in [0.05, 0.1) is 6.04 Å². The van der Waals surface area contributed by atoms with Crippen molar-refractivity contribution in [1.82, 2.24) is 10.2 Å². The van der Waals surface area contributed by atoms with Gasteiger partial charge in [0.2, 0.25) is 0 Å². The van der Waals surface area contributed by atoms with Crippen molar-refractivity contribution < 1.29 is 8.78 Å². The molecular formula is C9H16F2N2. The maximum atomic E-state index is 12.6. The van der Waals surface area contributed by atoms with Crippen molar-refractivity contribution in [2.24, 2.45) is 0 Å². The standard InChI is InChI=1S/C9H16F2N2/c10-9(11)8-6-12-5-7-3-1-2-4-13(7)8/h7-9,12H,1-6H2. The van der Waals surface area contributed by atoms with Crippen LogP contribution in [0.5, 0.6) is 0 Å². The molecular weight excluding hydrogens is 174 g/mol. The van der Waals surface area contributed by atoms with Gasteiger partial charge in [-0.1, -0.05) is 6.42 Å². The average Bonchev–Trinajstić information content (AvgIpc) is 2.17. The number of halogens is 2. The first-order valence-electron chi connectivity index (χ1n) is 5.03. The number of fused-ring (bicyclic) bond motifs is 1. The van der Waals surface area contributed by atoms with Crippen molar-refractivity contribution in [1.29, 1.82) is 0 Å². The number of nitrogens with zero attached hydrogens (tertiary/aromatic N) is 1. The summed E-state index contributed by atoms with van der Waals surface area (Å²) in [5.41, 5.74) is 0. The lowest BCUT2D eigenvalue weighted by atomic mass is 9.97. The Morgan fingerprint density at radius 3 is 2.85 bits per heavy atom. The van der Waals surface area contributed by atoms with Crippen LogP contribution in [0.3, 0.4) is 0 Å². The van der Waals surface area contributed by atoms with Gasteiger partial charge < -0.3 is 5.32 Å². The molecule has 2 nitrogen and oxygen atoms in total. The zero-order valence-electron chi connectivity index (χ0n) is 7.68. The number of rotatable bonds is 1. The molecule has 76 valence electrons. The van der Waals surface area contributed by atoms with Crippen LogP contribution in [0.1, 0.15) is 19.3 Å². The van der Waals surface area contributed by atoms with Gasteiger partial charge in [-0.2, -0.15) is 0 Å². The lowest BCUT2D eigenvalue weighted by molar-refractivity contribution is -0.0276. The van der Waals surface area contributed by atoms with E-state index in [9.17, 15) is 8.78 Å². The number of hydrogen-bond acceptors (Lipinski definition) is 2. The molecule has 0 amide bonds. The molecule has 2 aliphatic rings. The molecule has 0 aromatic heterocycles.